The minimum atomic E-state index is -0.220. The summed E-state index contributed by atoms with van der Waals surface area (Å²) in [5.41, 5.74) is 0.818. The maximum Gasteiger partial charge on any atom is 0.252 e. The molecule has 6 heteroatoms. The smallest absolute Gasteiger partial charge is 0.252 e. The van der Waals surface area contributed by atoms with Crippen molar-refractivity contribution in [3.05, 3.63) is 48.5 Å². The number of aromatic nitrogens is 1. The molecule has 0 aliphatic carbocycles. The molecule has 1 amide bonds. The average molecular weight is 314 g/mol. The number of amides is 1. The van der Waals surface area contributed by atoms with Crippen LogP contribution in [0, 0.1) is 0 Å². The molecule has 0 radical (unpaired) electrons. The lowest BCUT2D eigenvalue weighted by Gasteiger charge is -2.04. The Morgan fingerprint density at radius 3 is 2.77 bits per heavy atom. The quantitative estimate of drug-likeness (QED) is 0.780. The summed E-state index contributed by atoms with van der Waals surface area (Å²) in [5.74, 6) is 1.29. The molecule has 0 aliphatic heterocycles. The minimum Gasteiger partial charge on any atom is -0.457 e. The Kier molecular flexibility index (Phi) is 4.32. The van der Waals surface area contributed by atoms with E-state index >= 15 is 0 Å². The highest BCUT2D eigenvalue weighted by atomic mass is 32.1. The van der Waals surface area contributed by atoms with E-state index in [4.69, 9.17) is 9.47 Å². The number of methoxy groups -OCH3 is 1. The molecule has 0 fully saturated rings. The summed E-state index contributed by atoms with van der Waals surface area (Å²) >= 11 is 1.40. The highest BCUT2D eigenvalue weighted by Crippen LogP contribution is 2.31. The number of nitrogens with zero attached hydrogens (tertiary/aromatic N) is 1. The summed E-state index contributed by atoms with van der Waals surface area (Å²) < 4.78 is 11.5. The largest absolute Gasteiger partial charge is 0.457 e. The predicted molar refractivity (Wildman–Crippen MR) is 86.6 cm³/mol. The van der Waals surface area contributed by atoms with Crippen molar-refractivity contribution in [1.29, 1.82) is 0 Å². The first-order valence-electron chi connectivity index (χ1n) is 6.67. The molecule has 0 saturated carbocycles. The molecule has 5 nitrogen and oxygen atoms in total. The second-order valence-corrected chi connectivity index (χ2v) is 5.58. The van der Waals surface area contributed by atoms with Gasteiger partial charge in [0, 0.05) is 13.2 Å². The normalized spacial score (nSPS) is 10.6. The fourth-order valence-corrected chi connectivity index (χ4v) is 2.84. The van der Waals surface area contributed by atoms with Gasteiger partial charge in [0.25, 0.3) is 5.91 Å². The number of hydrogen-bond acceptors (Lipinski definition) is 5. The van der Waals surface area contributed by atoms with E-state index in [1.54, 1.807) is 0 Å². The van der Waals surface area contributed by atoms with Gasteiger partial charge < -0.3 is 9.47 Å². The molecule has 3 rings (SSSR count). The highest BCUT2D eigenvalue weighted by Gasteiger charge is 2.08. The number of ether oxygens (including phenoxy) is 2. The molecule has 22 heavy (non-hydrogen) atoms. The molecule has 2 aromatic carbocycles. The molecule has 1 heterocycles. The predicted octanol–water partition coefficient (Wildman–Crippen LogP) is 3.67. The second kappa shape index (κ2) is 6.55. The number of carbonyl (C=O) groups excluding carboxylic acids is 1. The van der Waals surface area contributed by atoms with Crippen LogP contribution in [-0.2, 0) is 9.53 Å². The lowest BCUT2D eigenvalue weighted by atomic mass is 10.3. The van der Waals surface area contributed by atoms with Crippen LogP contribution >= 0.6 is 11.3 Å². The Bertz CT molecular complexity index is 786. The second-order valence-electron chi connectivity index (χ2n) is 4.54. The number of hydrogen-bond donors (Lipinski definition) is 1. The highest BCUT2D eigenvalue weighted by molar-refractivity contribution is 7.22. The number of carbonyl (C=O) groups is 1. The van der Waals surface area contributed by atoms with Crippen LogP contribution in [-0.4, -0.2) is 24.6 Å². The van der Waals surface area contributed by atoms with E-state index in [-0.39, 0.29) is 12.5 Å². The van der Waals surface area contributed by atoms with Crippen molar-refractivity contribution >= 4 is 32.6 Å². The molecular weight excluding hydrogens is 300 g/mol. The van der Waals surface area contributed by atoms with E-state index in [9.17, 15) is 4.79 Å². The molecule has 0 aliphatic rings. The van der Waals surface area contributed by atoms with Gasteiger partial charge in [-0.3, -0.25) is 10.1 Å². The van der Waals surface area contributed by atoms with Gasteiger partial charge in [0.05, 0.1) is 10.2 Å². The molecule has 0 spiro atoms. The van der Waals surface area contributed by atoms with E-state index < -0.39 is 0 Å². The summed E-state index contributed by atoms with van der Waals surface area (Å²) in [6, 6.07) is 15.2. The van der Waals surface area contributed by atoms with Crippen LogP contribution in [0.2, 0.25) is 0 Å². The molecule has 1 aromatic heterocycles. The van der Waals surface area contributed by atoms with Crippen molar-refractivity contribution < 1.29 is 14.3 Å². The molecule has 0 atom stereocenters. The zero-order chi connectivity index (χ0) is 15.4. The third-order valence-corrected chi connectivity index (χ3v) is 3.79. The lowest BCUT2D eigenvalue weighted by molar-refractivity contribution is -0.119. The van der Waals surface area contributed by atoms with E-state index in [1.807, 2.05) is 48.5 Å². The van der Waals surface area contributed by atoms with Crippen LogP contribution in [0.15, 0.2) is 48.5 Å². The Labute approximate surface area is 131 Å². The van der Waals surface area contributed by atoms with Gasteiger partial charge in [-0.25, -0.2) is 4.98 Å². The number of rotatable bonds is 5. The number of para-hydroxylation sites is 1. The average Bonchev–Trinajstić information content (AvgIpc) is 2.90. The van der Waals surface area contributed by atoms with Gasteiger partial charge in [0.1, 0.15) is 18.1 Å². The first-order chi connectivity index (χ1) is 10.7. The van der Waals surface area contributed by atoms with Crippen molar-refractivity contribution in [1.82, 2.24) is 4.98 Å². The third kappa shape index (κ3) is 3.41. The van der Waals surface area contributed by atoms with Crippen LogP contribution in [0.4, 0.5) is 5.13 Å². The first-order valence-corrected chi connectivity index (χ1v) is 7.48. The number of thiazole rings is 1. The van der Waals surface area contributed by atoms with E-state index in [1.165, 1.54) is 18.4 Å². The summed E-state index contributed by atoms with van der Waals surface area (Å²) in [6.07, 6.45) is 0. The molecule has 112 valence electrons. The molecule has 0 bridgehead atoms. The Balaban J connectivity index is 1.79. The zero-order valence-electron chi connectivity index (χ0n) is 11.9. The van der Waals surface area contributed by atoms with Crippen LogP contribution in [0.1, 0.15) is 0 Å². The monoisotopic (exact) mass is 314 g/mol. The van der Waals surface area contributed by atoms with E-state index in [0.29, 0.717) is 5.13 Å². The fraction of sp³-hybridized carbons (Fsp3) is 0.125. The van der Waals surface area contributed by atoms with Gasteiger partial charge in [-0.15, -0.1) is 0 Å². The number of benzene rings is 2. The Hall–Kier alpha value is -2.44. The van der Waals surface area contributed by atoms with E-state index in [2.05, 4.69) is 10.3 Å². The SMILES string of the molecule is COCC(=O)Nc1nc2ccc(Oc3ccccc3)cc2s1. The Morgan fingerprint density at radius 1 is 1.18 bits per heavy atom. The fourth-order valence-electron chi connectivity index (χ4n) is 1.93. The minimum absolute atomic E-state index is 0.0122. The standard InChI is InChI=1S/C16H14N2O3S/c1-20-10-15(19)18-16-17-13-8-7-12(9-14(13)22-16)21-11-5-3-2-4-6-11/h2-9H,10H2,1H3,(H,17,18,19). The maximum atomic E-state index is 11.5. The van der Waals surface area contributed by atoms with Crippen LogP contribution in [0.5, 0.6) is 11.5 Å². The van der Waals surface area contributed by atoms with Crippen molar-refractivity contribution in [2.75, 3.05) is 19.0 Å². The molecule has 0 saturated heterocycles. The van der Waals surface area contributed by atoms with Gasteiger partial charge in [-0.05, 0) is 24.3 Å². The third-order valence-electron chi connectivity index (χ3n) is 2.86. The molecule has 0 unspecified atom stereocenters. The van der Waals surface area contributed by atoms with Crippen molar-refractivity contribution in [3.63, 3.8) is 0 Å². The maximum absolute atomic E-state index is 11.5. The molecular formula is C16H14N2O3S. The number of nitrogens with one attached hydrogen (secondary N) is 1. The summed E-state index contributed by atoms with van der Waals surface area (Å²) in [4.78, 5) is 15.9. The summed E-state index contributed by atoms with van der Waals surface area (Å²) in [7, 11) is 1.48. The lowest BCUT2D eigenvalue weighted by Crippen LogP contribution is -2.16. The number of anilines is 1. The van der Waals surface area contributed by atoms with Crippen LogP contribution in [0.25, 0.3) is 10.2 Å². The molecule has 1 N–H and O–H groups in total. The van der Waals surface area contributed by atoms with Gasteiger partial charge in [-0.2, -0.15) is 0 Å². The Morgan fingerprint density at radius 2 is 2.00 bits per heavy atom. The zero-order valence-corrected chi connectivity index (χ0v) is 12.7. The molecule has 3 aromatic rings. The van der Waals surface area contributed by atoms with Crippen LogP contribution < -0.4 is 10.1 Å². The van der Waals surface area contributed by atoms with Crippen molar-refractivity contribution in [2.24, 2.45) is 0 Å². The van der Waals surface area contributed by atoms with Gasteiger partial charge in [-0.1, -0.05) is 29.5 Å². The van der Waals surface area contributed by atoms with E-state index in [0.717, 1.165) is 21.7 Å². The number of fused-ring (bicyclic) bond motifs is 1. The van der Waals surface area contributed by atoms with Gasteiger partial charge in [0.15, 0.2) is 5.13 Å². The van der Waals surface area contributed by atoms with Crippen molar-refractivity contribution in [2.45, 2.75) is 0 Å². The van der Waals surface area contributed by atoms with Crippen molar-refractivity contribution in [3.8, 4) is 11.5 Å². The summed E-state index contributed by atoms with van der Waals surface area (Å²) in [5, 5.41) is 3.25. The van der Waals surface area contributed by atoms with Crippen LogP contribution in [0.3, 0.4) is 0 Å². The van der Waals surface area contributed by atoms with Gasteiger partial charge >= 0.3 is 0 Å². The first kappa shape index (κ1) is 14.5. The summed E-state index contributed by atoms with van der Waals surface area (Å²) in [6.45, 7) is 0.0122. The van der Waals surface area contributed by atoms with Gasteiger partial charge in [0.2, 0.25) is 0 Å². The topological polar surface area (TPSA) is 60.5 Å².